The van der Waals surface area contributed by atoms with Crippen LogP contribution >= 0.6 is 0 Å². The fourth-order valence-corrected chi connectivity index (χ4v) is 4.95. The van der Waals surface area contributed by atoms with Crippen LogP contribution in [0.3, 0.4) is 0 Å². The molecule has 0 aliphatic carbocycles. The molecule has 3 N–H and O–H groups in total. The van der Waals surface area contributed by atoms with Gasteiger partial charge in [0.1, 0.15) is 6.04 Å². The van der Waals surface area contributed by atoms with Gasteiger partial charge in [0.05, 0.1) is 11.3 Å². The van der Waals surface area contributed by atoms with Crippen molar-refractivity contribution in [2.75, 3.05) is 13.1 Å². The molecule has 0 spiro atoms. The third-order valence-electron chi connectivity index (χ3n) is 5.09. The zero-order valence-electron chi connectivity index (χ0n) is 16.4. The van der Waals surface area contributed by atoms with Crippen LogP contribution in [0.1, 0.15) is 24.8 Å². The molecule has 162 valence electrons. The van der Waals surface area contributed by atoms with Crippen molar-refractivity contribution in [3.8, 4) is 0 Å². The molecule has 3 amide bonds. The lowest BCUT2D eigenvalue weighted by atomic mass is 10.1. The molecular weight excluding hydrogens is 412 g/mol. The average molecular weight is 436 g/mol. The van der Waals surface area contributed by atoms with Gasteiger partial charge in [0.2, 0.25) is 11.8 Å². The Bertz CT molecular complexity index is 960. The monoisotopic (exact) mass is 436 g/mol. The lowest BCUT2D eigenvalue weighted by Crippen LogP contribution is -2.53. The highest BCUT2D eigenvalue weighted by molar-refractivity contribution is 7.89. The first-order valence-corrected chi connectivity index (χ1v) is 11.0. The highest BCUT2D eigenvalue weighted by atomic mass is 32.2. The smallest absolute Gasteiger partial charge is 0.407 e. The molecule has 3 rings (SSSR count). The van der Waals surface area contributed by atoms with Gasteiger partial charge in [-0.3, -0.25) is 13.9 Å². The fourth-order valence-electron chi connectivity index (χ4n) is 3.50. The van der Waals surface area contributed by atoms with Gasteiger partial charge in [-0.15, -0.1) is 0 Å². The van der Waals surface area contributed by atoms with E-state index in [1.807, 2.05) is 6.92 Å². The molecule has 2 aliphatic heterocycles. The molecule has 0 aromatic heterocycles. The number of nitrogens with zero attached hydrogens (tertiary/aromatic N) is 2. The Morgan fingerprint density at radius 3 is 2.63 bits per heavy atom. The number of carbonyl (C=O) groups excluding carboxylic acids is 2. The van der Waals surface area contributed by atoms with Crippen molar-refractivity contribution in [3.63, 3.8) is 0 Å². The summed E-state index contributed by atoms with van der Waals surface area (Å²) in [5, 5.41) is 14.3. The summed E-state index contributed by atoms with van der Waals surface area (Å²) in [6, 6.07) is 4.57. The topological polar surface area (TPSA) is 136 Å². The Labute approximate surface area is 174 Å². The Morgan fingerprint density at radius 2 is 1.97 bits per heavy atom. The molecule has 2 heterocycles. The standard InChI is InChI=1S/C19H24N4O6S/c1-13-4-6-15(7-5-13)30(28,29)23-10-8-20-18(25)16(23)11-17(24)21-14-3-2-9-22(12-14)19(26)27/h4-8,10,14,16H,2-3,9,11-12H2,1H3,(H,20,25)(H,21,24)(H,26,27)/t14-,16+/m0/s1. The Kier molecular flexibility index (Phi) is 6.30. The number of rotatable bonds is 5. The van der Waals surface area contributed by atoms with Crippen LogP contribution in [-0.2, 0) is 19.6 Å². The van der Waals surface area contributed by atoms with Crippen LogP contribution in [0.2, 0.25) is 0 Å². The van der Waals surface area contributed by atoms with Crippen LogP contribution in [0.5, 0.6) is 0 Å². The van der Waals surface area contributed by atoms with Gasteiger partial charge in [-0.2, -0.15) is 0 Å². The number of nitrogens with one attached hydrogen (secondary N) is 2. The van der Waals surface area contributed by atoms with Gasteiger partial charge in [-0.1, -0.05) is 17.7 Å². The van der Waals surface area contributed by atoms with Crippen LogP contribution < -0.4 is 10.6 Å². The second-order valence-corrected chi connectivity index (χ2v) is 9.17. The molecule has 1 aromatic rings. The normalized spacial score (nSPS) is 21.8. The predicted molar refractivity (Wildman–Crippen MR) is 107 cm³/mol. The number of hydrogen-bond acceptors (Lipinski definition) is 5. The largest absolute Gasteiger partial charge is 0.465 e. The van der Waals surface area contributed by atoms with Gasteiger partial charge in [0.25, 0.3) is 10.0 Å². The summed E-state index contributed by atoms with van der Waals surface area (Å²) in [7, 11) is -4.04. The average Bonchev–Trinajstić information content (AvgIpc) is 2.70. The first kappa shape index (κ1) is 21.6. The quantitative estimate of drug-likeness (QED) is 0.619. The summed E-state index contributed by atoms with van der Waals surface area (Å²) in [5.74, 6) is -1.13. The zero-order valence-corrected chi connectivity index (χ0v) is 17.3. The second-order valence-electron chi connectivity index (χ2n) is 7.33. The summed E-state index contributed by atoms with van der Waals surface area (Å²) in [6.45, 7) is 2.39. The van der Waals surface area contributed by atoms with Crippen molar-refractivity contribution in [1.82, 2.24) is 19.8 Å². The predicted octanol–water partition coefficient (Wildman–Crippen LogP) is 0.604. The van der Waals surface area contributed by atoms with E-state index in [1.54, 1.807) is 12.1 Å². The fraction of sp³-hybridized carbons (Fsp3) is 0.421. The number of piperidine rings is 1. The van der Waals surface area contributed by atoms with Crippen molar-refractivity contribution >= 4 is 27.9 Å². The van der Waals surface area contributed by atoms with E-state index in [2.05, 4.69) is 10.6 Å². The minimum absolute atomic E-state index is 0.0160. The maximum absolute atomic E-state index is 13.0. The molecule has 1 fully saturated rings. The minimum Gasteiger partial charge on any atom is -0.465 e. The maximum Gasteiger partial charge on any atom is 0.407 e. The van der Waals surface area contributed by atoms with E-state index < -0.39 is 34.0 Å². The summed E-state index contributed by atoms with van der Waals surface area (Å²) >= 11 is 0. The van der Waals surface area contributed by atoms with E-state index in [0.717, 1.165) is 9.87 Å². The van der Waals surface area contributed by atoms with E-state index in [-0.39, 0.29) is 23.9 Å². The van der Waals surface area contributed by atoms with Gasteiger partial charge >= 0.3 is 6.09 Å². The number of likely N-dealkylation sites (tertiary alicyclic amines) is 1. The summed E-state index contributed by atoms with van der Waals surface area (Å²) in [4.78, 5) is 37.3. The van der Waals surface area contributed by atoms with Crippen molar-refractivity contribution in [3.05, 3.63) is 42.2 Å². The second kappa shape index (κ2) is 8.74. The molecule has 1 saturated heterocycles. The van der Waals surface area contributed by atoms with Crippen LogP contribution in [0, 0.1) is 6.92 Å². The van der Waals surface area contributed by atoms with Crippen LogP contribution in [0.4, 0.5) is 4.79 Å². The summed E-state index contributed by atoms with van der Waals surface area (Å²) in [6.07, 6.45) is 2.22. The summed E-state index contributed by atoms with van der Waals surface area (Å²) in [5.41, 5.74) is 0.889. The molecule has 0 radical (unpaired) electrons. The third-order valence-corrected chi connectivity index (χ3v) is 6.89. The lowest BCUT2D eigenvalue weighted by molar-refractivity contribution is -0.130. The van der Waals surface area contributed by atoms with Crippen molar-refractivity contribution in [1.29, 1.82) is 0 Å². The molecule has 0 unspecified atom stereocenters. The number of amides is 3. The van der Waals surface area contributed by atoms with E-state index in [1.165, 1.54) is 29.4 Å². The number of hydrogen-bond donors (Lipinski definition) is 3. The van der Waals surface area contributed by atoms with Crippen LogP contribution in [-0.4, -0.2) is 65.8 Å². The number of aryl methyl sites for hydroxylation is 1. The van der Waals surface area contributed by atoms with E-state index in [4.69, 9.17) is 5.11 Å². The Hall–Kier alpha value is -3.08. The number of carboxylic acid groups (broad SMARTS) is 1. The van der Waals surface area contributed by atoms with Gasteiger partial charge in [0, 0.05) is 31.5 Å². The van der Waals surface area contributed by atoms with Crippen molar-refractivity contribution < 1.29 is 27.9 Å². The van der Waals surface area contributed by atoms with Gasteiger partial charge < -0.3 is 20.6 Å². The highest BCUT2D eigenvalue weighted by Gasteiger charge is 2.37. The number of carbonyl (C=O) groups is 3. The zero-order chi connectivity index (χ0) is 21.9. The van der Waals surface area contributed by atoms with Crippen molar-refractivity contribution in [2.24, 2.45) is 0 Å². The molecule has 1 aromatic carbocycles. The van der Waals surface area contributed by atoms with Gasteiger partial charge in [-0.25, -0.2) is 13.2 Å². The third kappa shape index (κ3) is 4.73. The Balaban J connectivity index is 1.73. The van der Waals surface area contributed by atoms with Gasteiger partial charge in [-0.05, 0) is 31.9 Å². The molecular formula is C19H24N4O6S. The molecule has 2 aliphatic rings. The first-order valence-electron chi connectivity index (χ1n) is 9.53. The Morgan fingerprint density at radius 1 is 1.27 bits per heavy atom. The highest BCUT2D eigenvalue weighted by Crippen LogP contribution is 2.23. The maximum atomic E-state index is 13.0. The van der Waals surface area contributed by atoms with E-state index in [0.29, 0.717) is 19.4 Å². The van der Waals surface area contributed by atoms with Crippen molar-refractivity contribution in [2.45, 2.75) is 43.2 Å². The first-order chi connectivity index (χ1) is 14.2. The molecule has 11 heteroatoms. The van der Waals surface area contributed by atoms with Gasteiger partial charge in [0.15, 0.2) is 0 Å². The molecule has 2 atom stereocenters. The molecule has 30 heavy (non-hydrogen) atoms. The minimum atomic E-state index is -4.04. The van der Waals surface area contributed by atoms with Crippen LogP contribution in [0.25, 0.3) is 0 Å². The summed E-state index contributed by atoms with van der Waals surface area (Å²) < 4.78 is 27.0. The lowest BCUT2D eigenvalue weighted by Gasteiger charge is -2.33. The number of benzene rings is 1. The van der Waals surface area contributed by atoms with E-state index >= 15 is 0 Å². The van der Waals surface area contributed by atoms with Crippen LogP contribution in [0.15, 0.2) is 41.6 Å². The molecule has 10 nitrogen and oxygen atoms in total. The molecule has 0 bridgehead atoms. The SMILES string of the molecule is Cc1ccc(S(=O)(=O)N2C=CNC(=O)[C@H]2CC(=O)N[C@H]2CCCN(C(=O)O)C2)cc1. The molecule has 0 saturated carbocycles. The van der Waals surface area contributed by atoms with E-state index in [9.17, 15) is 22.8 Å². The number of sulfonamides is 1.